The lowest BCUT2D eigenvalue weighted by atomic mass is 9.98. The molecule has 0 saturated heterocycles. The number of nitrogens with zero attached hydrogens (tertiary/aromatic N) is 4. The standard InChI is InChI=1S/C23H21N5O3S/c1-23(13-24,16-8-9-16)25-20(29)12-32-22-27-26-21(28(22)17-5-3-2-4-6-17)15-7-10-18-19(11-15)31-14-30-18/h2-7,10-11,16H,8-9,12,14H2,1H3,(H,25,29). The van der Waals surface area contributed by atoms with Gasteiger partial charge in [-0.25, -0.2) is 0 Å². The second-order valence-corrected chi connectivity index (χ2v) is 8.91. The number of ether oxygens (including phenoxy) is 2. The minimum absolute atomic E-state index is 0.135. The Labute approximate surface area is 189 Å². The van der Waals surface area contributed by atoms with Crippen LogP contribution in [0, 0.1) is 17.2 Å². The van der Waals surface area contributed by atoms with E-state index in [1.54, 1.807) is 6.92 Å². The number of rotatable bonds is 7. The summed E-state index contributed by atoms with van der Waals surface area (Å²) in [5, 5.41) is 21.7. The van der Waals surface area contributed by atoms with Crippen LogP contribution in [0.4, 0.5) is 0 Å². The highest BCUT2D eigenvalue weighted by Gasteiger charge is 2.43. The van der Waals surface area contributed by atoms with E-state index in [-0.39, 0.29) is 24.4 Å². The molecule has 9 heteroatoms. The quantitative estimate of drug-likeness (QED) is 0.553. The molecule has 3 aromatic rings. The summed E-state index contributed by atoms with van der Waals surface area (Å²) in [6.07, 6.45) is 1.94. The molecule has 5 rings (SSSR count). The molecule has 162 valence electrons. The zero-order valence-electron chi connectivity index (χ0n) is 17.4. The SMILES string of the molecule is CC(C#N)(NC(=O)CSc1nnc(-c2ccc3c(c2)OCO3)n1-c1ccccc1)C1CC1. The number of fused-ring (bicyclic) bond motifs is 1. The number of para-hydroxylation sites is 1. The summed E-state index contributed by atoms with van der Waals surface area (Å²) in [7, 11) is 0. The summed E-state index contributed by atoms with van der Waals surface area (Å²) < 4.78 is 12.8. The van der Waals surface area contributed by atoms with Crippen molar-refractivity contribution >= 4 is 17.7 Å². The van der Waals surface area contributed by atoms with Gasteiger partial charge < -0.3 is 14.8 Å². The van der Waals surface area contributed by atoms with Crippen LogP contribution in [0.3, 0.4) is 0 Å². The number of hydrogen-bond acceptors (Lipinski definition) is 7. The number of amides is 1. The molecule has 1 atom stereocenters. The number of carbonyl (C=O) groups excluding carboxylic acids is 1. The summed E-state index contributed by atoms with van der Waals surface area (Å²) in [6.45, 7) is 1.99. The molecule has 1 aliphatic carbocycles. The van der Waals surface area contributed by atoms with Crippen LogP contribution in [0.1, 0.15) is 19.8 Å². The molecule has 1 aliphatic heterocycles. The minimum Gasteiger partial charge on any atom is -0.454 e. The zero-order chi connectivity index (χ0) is 22.1. The van der Waals surface area contributed by atoms with Crippen molar-refractivity contribution in [3.63, 3.8) is 0 Å². The fourth-order valence-corrected chi connectivity index (χ4v) is 4.49. The summed E-state index contributed by atoms with van der Waals surface area (Å²) in [4.78, 5) is 12.6. The van der Waals surface area contributed by atoms with Crippen molar-refractivity contribution in [2.24, 2.45) is 5.92 Å². The molecule has 1 unspecified atom stereocenters. The maximum Gasteiger partial charge on any atom is 0.231 e. The number of nitrogens with one attached hydrogen (secondary N) is 1. The first kappa shape index (κ1) is 20.4. The molecule has 0 bridgehead atoms. The van der Waals surface area contributed by atoms with E-state index in [4.69, 9.17) is 9.47 Å². The average molecular weight is 448 g/mol. The van der Waals surface area contributed by atoms with Crippen molar-refractivity contribution in [1.82, 2.24) is 20.1 Å². The van der Waals surface area contributed by atoms with Gasteiger partial charge in [0.05, 0.1) is 11.8 Å². The Kier molecular flexibility index (Phi) is 5.23. The van der Waals surface area contributed by atoms with Gasteiger partial charge in [-0.1, -0.05) is 30.0 Å². The Balaban J connectivity index is 1.42. The molecular formula is C23H21N5O3S. The second kappa shape index (κ2) is 8.20. The lowest BCUT2D eigenvalue weighted by Gasteiger charge is -2.22. The van der Waals surface area contributed by atoms with Gasteiger partial charge in [-0.2, -0.15) is 5.26 Å². The summed E-state index contributed by atoms with van der Waals surface area (Å²) in [5.41, 5.74) is 0.892. The third-order valence-corrected chi connectivity index (χ3v) is 6.57. The number of carbonyl (C=O) groups is 1. The molecular weight excluding hydrogens is 426 g/mol. The summed E-state index contributed by atoms with van der Waals surface area (Å²) >= 11 is 1.29. The van der Waals surface area contributed by atoms with Gasteiger partial charge in [0.2, 0.25) is 12.7 Å². The van der Waals surface area contributed by atoms with E-state index in [9.17, 15) is 10.1 Å². The van der Waals surface area contributed by atoms with Crippen LogP contribution in [0.2, 0.25) is 0 Å². The fourth-order valence-electron chi connectivity index (χ4n) is 3.73. The van der Waals surface area contributed by atoms with Crippen molar-refractivity contribution < 1.29 is 14.3 Å². The highest BCUT2D eigenvalue weighted by molar-refractivity contribution is 7.99. The van der Waals surface area contributed by atoms with Crippen molar-refractivity contribution in [3.05, 3.63) is 48.5 Å². The summed E-state index contributed by atoms with van der Waals surface area (Å²) in [6, 6.07) is 17.6. The van der Waals surface area contributed by atoms with Crippen molar-refractivity contribution in [2.45, 2.75) is 30.5 Å². The van der Waals surface area contributed by atoms with Gasteiger partial charge in [-0.15, -0.1) is 10.2 Å². The maximum atomic E-state index is 12.6. The first-order chi connectivity index (χ1) is 15.6. The molecule has 0 spiro atoms. The van der Waals surface area contributed by atoms with Crippen LogP contribution in [0.25, 0.3) is 17.1 Å². The molecule has 1 amide bonds. The van der Waals surface area contributed by atoms with Crippen molar-refractivity contribution in [2.75, 3.05) is 12.5 Å². The van der Waals surface area contributed by atoms with Gasteiger partial charge in [0.15, 0.2) is 22.5 Å². The van der Waals surface area contributed by atoms with Gasteiger partial charge in [-0.05, 0) is 56.0 Å². The average Bonchev–Trinajstić information content (AvgIpc) is 3.43. The fraction of sp³-hybridized carbons (Fsp3) is 0.304. The third kappa shape index (κ3) is 3.89. The Hall–Kier alpha value is -3.51. The molecule has 2 aromatic carbocycles. The van der Waals surface area contributed by atoms with Crippen LogP contribution in [-0.2, 0) is 4.79 Å². The van der Waals surface area contributed by atoms with Gasteiger partial charge in [0.1, 0.15) is 5.54 Å². The van der Waals surface area contributed by atoms with Crippen LogP contribution >= 0.6 is 11.8 Å². The molecule has 2 aliphatic rings. The van der Waals surface area contributed by atoms with E-state index in [0.717, 1.165) is 24.1 Å². The number of benzene rings is 2. The van der Waals surface area contributed by atoms with Gasteiger partial charge in [0, 0.05) is 11.3 Å². The monoisotopic (exact) mass is 447 g/mol. The number of thioether (sulfide) groups is 1. The number of aromatic nitrogens is 3. The Morgan fingerprint density at radius 2 is 2.00 bits per heavy atom. The van der Waals surface area contributed by atoms with E-state index in [1.807, 2.05) is 53.1 Å². The van der Waals surface area contributed by atoms with Gasteiger partial charge in [0.25, 0.3) is 0 Å². The van der Waals surface area contributed by atoms with Gasteiger partial charge >= 0.3 is 0 Å². The molecule has 1 fully saturated rings. The normalized spacial score (nSPS) is 16.2. The van der Waals surface area contributed by atoms with E-state index >= 15 is 0 Å². The predicted octanol–water partition coefficient (Wildman–Crippen LogP) is 3.56. The number of hydrogen-bond donors (Lipinski definition) is 1. The van der Waals surface area contributed by atoms with Crippen molar-refractivity contribution in [1.29, 1.82) is 5.26 Å². The number of nitriles is 1. The molecule has 1 saturated carbocycles. The Morgan fingerprint density at radius 3 is 2.75 bits per heavy atom. The molecule has 1 aromatic heterocycles. The minimum atomic E-state index is -0.817. The maximum absolute atomic E-state index is 12.6. The highest BCUT2D eigenvalue weighted by Crippen LogP contribution is 2.39. The van der Waals surface area contributed by atoms with Crippen LogP contribution in [0.5, 0.6) is 11.5 Å². The summed E-state index contributed by atoms with van der Waals surface area (Å²) in [5.74, 6) is 2.16. The first-order valence-electron chi connectivity index (χ1n) is 10.3. The van der Waals surface area contributed by atoms with Crippen molar-refractivity contribution in [3.8, 4) is 34.6 Å². The molecule has 8 nitrogen and oxygen atoms in total. The molecule has 32 heavy (non-hydrogen) atoms. The van der Waals surface area contributed by atoms with E-state index in [0.29, 0.717) is 22.5 Å². The van der Waals surface area contributed by atoms with E-state index in [2.05, 4.69) is 21.6 Å². The Bertz CT molecular complexity index is 1200. The predicted molar refractivity (Wildman–Crippen MR) is 119 cm³/mol. The Morgan fingerprint density at radius 1 is 1.22 bits per heavy atom. The second-order valence-electron chi connectivity index (χ2n) is 7.97. The lowest BCUT2D eigenvalue weighted by Crippen LogP contribution is -2.47. The van der Waals surface area contributed by atoms with E-state index in [1.165, 1.54) is 11.8 Å². The zero-order valence-corrected chi connectivity index (χ0v) is 18.3. The van der Waals surface area contributed by atoms with Crippen LogP contribution in [-0.4, -0.2) is 38.8 Å². The van der Waals surface area contributed by atoms with Gasteiger partial charge in [-0.3, -0.25) is 9.36 Å². The largest absolute Gasteiger partial charge is 0.454 e. The lowest BCUT2D eigenvalue weighted by molar-refractivity contribution is -0.119. The topological polar surface area (TPSA) is 102 Å². The van der Waals surface area contributed by atoms with Crippen LogP contribution < -0.4 is 14.8 Å². The van der Waals surface area contributed by atoms with Crippen LogP contribution in [0.15, 0.2) is 53.7 Å². The molecule has 1 N–H and O–H groups in total. The first-order valence-corrected chi connectivity index (χ1v) is 11.3. The van der Waals surface area contributed by atoms with E-state index < -0.39 is 5.54 Å². The third-order valence-electron chi connectivity index (χ3n) is 5.64. The molecule has 0 radical (unpaired) electrons. The molecule has 2 heterocycles. The smallest absolute Gasteiger partial charge is 0.231 e. The highest BCUT2D eigenvalue weighted by atomic mass is 32.2.